The first-order chi connectivity index (χ1) is 32.2. The highest BCUT2D eigenvalue weighted by molar-refractivity contribution is 6.05. The van der Waals surface area contributed by atoms with Crippen molar-refractivity contribution in [2.75, 3.05) is 70.2 Å². The van der Waals surface area contributed by atoms with Crippen molar-refractivity contribution in [3.63, 3.8) is 0 Å². The number of piperazine rings is 1. The van der Waals surface area contributed by atoms with Crippen molar-refractivity contribution in [2.24, 2.45) is 11.5 Å². The Hall–Kier alpha value is -6.88. The van der Waals surface area contributed by atoms with Crippen LogP contribution in [0.1, 0.15) is 93.7 Å². The number of imidazole rings is 2. The molecule has 1 saturated heterocycles. The summed E-state index contributed by atoms with van der Waals surface area (Å²) in [6.07, 6.45) is 0.195. The predicted octanol–water partition coefficient (Wildman–Crippen LogP) is 2.54. The summed E-state index contributed by atoms with van der Waals surface area (Å²) >= 11 is 0. The van der Waals surface area contributed by atoms with Gasteiger partial charge in [-0.15, -0.1) is 0 Å². The molecule has 0 saturated carbocycles. The SMILES string of the molecule is CCn1nc(C)cc1C(=O)Nc1nc2cc(C(N)=O)cc(OCCCNC(=O)CN3CCN(C)CC3)c2n1CCC[C@H]1COc2cc(C(N)O)cc3nc(NC(=O)c4cc(C)nn4CC)n1c23. The Morgan fingerprint density at radius 1 is 0.866 bits per heavy atom. The van der Waals surface area contributed by atoms with Crippen LogP contribution in [0.15, 0.2) is 36.4 Å². The summed E-state index contributed by atoms with van der Waals surface area (Å²) in [6.45, 7) is 13.3. The molecule has 22 nitrogen and oxygen atoms in total. The highest BCUT2D eigenvalue weighted by Gasteiger charge is 2.30. The van der Waals surface area contributed by atoms with Crippen molar-refractivity contribution < 1.29 is 33.8 Å². The van der Waals surface area contributed by atoms with Crippen LogP contribution in [0, 0.1) is 13.8 Å². The monoisotopic (exact) mass is 921 g/mol. The number of amides is 4. The van der Waals surface area contributed by atoms with Crippen LogP contribution in [0.4, 0.5) is 11.9 Å². The van der Waals surface area contributed by atoms with Crippen molar-refractivity contribution in [1.82, 2.24) is 53.8 Å². The minimum absolute atomic E-state index is 0.0587. The second kappa shape index (κ2) is 19.9. The third-order valence-corrected chi connectivity index (χ3v) is 12.1. The molecule has 8 rings (SSSR count). The van der Waals surface area contributed by atoms with Gasteiger partial charge in [0.05, 0.1) is 41.6 Å². The lowest BCUT2D eigenvalue weighted by atomic mass is 10.1. The van der Waals surface area contributed by atoms with E-state index in [2.05, 4.69) is 43.0 Å². The van der Waals surface area contributed by atoms with Crippen LogP contribution in [0.3, 0.4) is 0 Å². The highest BCUT2D eigenvalue weighted by atomic mass is 16.5. The molecule has 0 bridgehead atoms. The van der Waals surface area contributed by atoms with Crippen molar-refractivity contribution in [3.05, 3.63) is 70.3 Å². The number of nitrogens with two attached hydrogens (primary N) is 2. The van der Waals surface area contributed by atoms with Crippen LogP contribution in [0.25, 0.3) is 22.1 Å². The zero-order valence-electron chi connectivity index (χ0n) is 38.5. The summed E-state index contributed by atoms with van der Waals surface area (Å²) in [5.41, 5.74) is 16.4. The minimum atomic E-state index is -1.27. The summed E-state index contributed by atoms with van der Waals surface area (Å²) in [5.74, 6) is -0.268. The smallest absolute Gasteiger partial charge is 0.276 e. The molecule has 0 radical (unpaired) electrons. The first-order valence-electron chi connectivity index (χ1n) is 22.7. The van der Waals surface area contributed by atoms with E-state index >= 15 is 0 Å². The maximum atomic E-state index is 13.9. The van der Waals surface area contributed by atoms with E-state index in [1.165, 1.54) is 0 Å². The molecule has 67 heavy (non-hydrogen) atoms. The number of primary amides is 1. The van der Waals surface area contributed by atoms with Crippen LogP contribution in [0.2, 0.25) is 0 Å². The van der Waals surface area contributed by atoms with E-state index in [0.29, 0.717) is 114 Å². The molecule has 1 fully saturated rings. The van der Waals surface area contributed by atoms with Gasteiger partial charge in [0, 0.05) is 63.5 Å². The summed E-state index contributed by atoms with van der Waals surface area (Å²) in [4.78, 5) is 67.1. The zero-order chi connectivity index (χ0) is 47.5. The largest absolute Gasteiger partial charge is 0.491 e. The fourth-order valence-electron chi connectivity index (χ4n) is 8.71. The minimum Gasteiger partial charge on any atom is -0.491 e. The normalized spacial score (nSPS) is 15.7. The number of aryl methyl sites for hydroxylation is 5. The van der Waals surface area contributed by atoms with Gasteiger partial charge in [-0.3, -0.25) is 44.1 Å². The maximum Gasteiger partial charge on any atom is 0.276 e. The van der Waals surface area contributed by atoms with Gasteiger partial charge in [0.2, 0.25) is 23.7 Å². The number of aliphatic hydroxyl groups excluding tert-OH is 1. The molecule has 356 valence electrons. The number of rotatable bonds is 19. The Balaban J connectivity index is 1.07. The molecule has 1 unspecified atom stereocenters. The lowest BCUT2D eigenvalue weighted by molar-refractivity contribution is -0.122. The molecule has 8 N–H and O–H groups in total. The Morgan fingerprint density at radius 2 is 1.51 bits per heavy atom. The van der Waals surface area contributed by atoms with Gasteiger partial charge in [0.25, 0.3) is 11.8 Å². The topological polar surface area (TPSA) is 273 Å². The number of hydrogen-bond donors (Lipinski definition) is 6. The molecule has 2 atom stereocenters. The van der Waals surface area contributed by atoms with E-state index in [9.17, 15) is 24.3 Å². The molecule has 2 aliphatic heterocycles. The standard InChI is InChI=1S/C45H59N15O7/c1-6-58-33(18-26(3)53-58)42(64)51-44-49-31-20-28(40(46)62)22-35(66-17-9-11-48-37(61)24-56-15-13-55(5)14-16-56)38(31)57(44)12-8-10-30-25-67-36-23-29(41(47)63)21-32-39(36)60(30)45(50-32)52-43(65)34-19-27(4)54-59(34)7-2/h18-23,30,41,63H,6-17,24-25,47H2,1-5H3,(H2,46,62)(H,48,61)(H,49,51,64)(H,50,52,65)/t30-,41?/m0/s1. The van der Waals surface area contributed by atoms with E-state index in [1.54, 1.807) is 45.8 Å². The van der Waals surface area contributed by atoms with Gasteiger partial charge in [-0.25, -0.2) is 9.97 Å². The number of carbonyl (C=O) groups is 4. The number of benzene rings is 2. The third-order valence-electron chi connectivity index (χ3n) is 12.1. The maximum absolute atomic E-state index is 13.9. The molecular formula is C45H59N15O7. The van der Waals surface area contributed by atoms with E-state index in [0.717, 1.165) is 26.2 Å². The number of nitrogens with zero attached hydrogens (tertiary/aromatic N) is 10. The van der Waals surface area contributed by atoms with Gasteiger partial charge in [0.15, 0.2) is 0 Å². The Labute approximate surface area is 386 Å². The second-order valence-electron chi connectivity index (χ2n) is 17.1. The van der Waals surface area contributed by atoms with Crippen LogP contribution < -0.4 is 36.9 Å². The number of anilines is 2. The first-order valence-corrected chi connectivity index (χ1v) is 22.7. The molecule has 4 amide bonds. The number of aliphatic hydroxyl groups is 1. The number of fused-ring (bicyclic) bond motifs is 1. The molecule has 2 aromatic carbocycles. The Morgan fingerprint density at radius 3 is 2.15 bits per heavy atom. The van der Waals surface area contributed by atoms with Crippen LogP contribution in [-0.2, 0) is 24.4 Å². The van der Waals surface area contributed by atoms with Gasteiger partial charge >= 0.3 is 0 Å². The van der Waals surface area contributed by atoms with Gasteiger partial charge in [-0.05, 0) is 90.4 Å². The van der Waals surface area contributed by atoms with Crippen LogP contribution in [-0.4, -0.2) is 137 Å². The van der Waals surface area contributed by atoms with Gasteiger partial charge in [0.1, 0.15) is 46.8 Å². The van der Waals surface area contributed by atoms with Gasteiger partial charge < -0.3 is 45.4 Å². The van der Waals surface area contributed by atoms with E-state index in [1.807, 2.05) is 36.8 Å². The molecule has 22 heteroatoms. The number of ether oxygens (including phenoxy) is 2. The summed E-state index contributed by atoms with van der Waals surface area (Å²) in [7, 11) is 2.07. The van der Waals surface area contributed by atoms with Crippen LogP contribution in [0.5, 0.6) is 11.5 Å². The van der Waals surface area contributed by atoms with Crippen molar-refractivity contribution in [3.8, 4) is 11.5 Å². The third kappa shape index (κ3) is 10.1. The quantitative estimate of drug-likeness (QED) is 0.0504. The summed E-state index contributed by atoms with van der Waals surface area (Å²) in [6, 6.07) is 9.56. The molecule has 2 aliphatic rings. The summed E-state index contributed by atoms with van der Waals surface area (Å²) in [5, 5.41) is 28.2. The van der Waals surface area contributed by atoms with E-state index in [-0.39, 0.29) is 48.5 Å². The fraction of sp³-hybridized carbons (Fsp3) is 0.467. The van der Waals surface area contributed by atoms with Crippen LogP contribution >= 0.6 is 0 Å². The molecule has 6 heterocycles. The molecule has 0 aliphatic carbocycles. The summed E-state index contributed by atoms with van der Waals surface area (Å²) < 4.78 is 19.7. The fourth-order valence-corrected chi connectivity index (χ4v) is 8.71. The average molecular weight is 922 g/mol. The number of aromatic nitrogens is 8. The van der Waals surface area contributed by atoms with Crippen molar-refractivity contribution >= 4 is 57.6 Å². The lowest BCUT2D eigenvalue weighted by Gasteiger charge is -2.31. The number of nitrogens with one attached hydrogen (secondary N) is 3. The molecule has 0 spiro atoms. The second-order valence-corrected chi connectivity index (χ2v) is 17.1. The van der Waals surface area contributed by atoms with Gasteiger partial charge in [-0.2, -0.15) is 10.2 Å². The average Bonchev–Trinajstić information content (AvgIpc) is 4.07. The van der Waals surface area contributed by atoms with E-state index in [4.69, 9.17) is 30.9 Å². The zero-order valence-corrected chi connectivity index (χ0v) is 38.5. The number of hydrogen-bond acceptors (Lipinski definition) is 14. The number of carbonyl (C=O) groups excluding carboxylic acids is 4. The highest BCUT2D eigenvalue weighted by Crippen LogP contribution is 2.40. The molecule has 6 aromatic rings. The Bertz CT molecular complexity index is 2810. The van der Waals surface area contributed by atoms with Crippen molar-refractivity contribution in [1.29, 1.82) is 0 Å². The molecular weight excluding hydrogens is 863 g/mol. The van der Waals surface area contributed by atoms with E-state index < -0.39 is 18.0 Å². The number of likely N-dealkylation sites (N-methyl/N-ethyl adjacent to an activating group) is 1. The Kier molecular flexibility index (Phi) is 13.9. The lowest BCUT2D eigenvalue weighted by Crippen LogP contribution is -2.48. The predicted molar refractivity (Wildman–Crippen MR) is 249 cm³/mol. The molecule has 4 aromatic heterocycles. The van der Waals surface area contributed by atoms with Gasteiger partial charge in [-0.1, -0.05) is 0 Å². The first kappa shape index (κ1) is 46.6. The van der Waals surface area contributed by atoms with Crippen molar-refractivity contribution in [2.45, 2.75) is 78.9 Å².